The van der Waals surface area contributed by atoms with Crippen LogP contribution in [0, 0.1) is 6.92 Å². The van der Waals surface area contributed by atoms with E-state index in [1.165, 1.54) is 12.1 Å². The lowest BCUT2D eigenvalue weighted by molar-refractivity contribution is -0.139. The van der Waals surface area contributed by atoms with Gasteiger partial charge in [0.1, 0.15) is 12.4 Å². The van der Waals surface area contributed by atoms with Gasteiger partial charge in [0.05, 0.1) is 11.5 Å². The van der Waals surface area contributed by atoms with Crippen LogP contribution in [0.1, 0.15) is 28.5 Å². The largest absolute Gasteiger partial charge is 0.488 e. The normalized spacial score (nSPS) is 14.2. The monoisotopic (exact) mass is 425 g/mol. The van der Waals surface area contributed by atoms with Gasteiger partial charge in [0.15, 0.2) is 0 Å². The van der Waals surface area contributed by atoms with Gasteiger partial charge in [-0.15, -0.1) is 12.4 Å². The molecule has 4 rings (SSSR count). The maximum Gasteiger partial charge on any atom is 0.419 e. The zero-order valence-electron chi connectivity index (χ0n) is 15.5. The number of rotatable bonds is 5. The molecule has 0 saturated carbocycles. The quantitative estimate of drug-likeness (QED) is 0.639. The van der Waals surface area contributed by atoms with Crippen LogP contribution in [-0.2, 0) is 12.8 Å². The van der Waals surface area contributed by atoms with Crippen molar-refractivity contribution in [1.29, 1.82) is 0 Å². The number of aryl methyl sites for hydroxylation is 1. The maximum atomic E-state index is 13.6. The molecule has 9 heteroatoms. The van der Waals surface area contributed by atoms with Gasteiger partial charge >= 0.3 is 6.18 Å². The Morgan fingerprint density at radius 1 is 1.14 bits per heavy atom. The van der Waals surface area contributed by atoms with Gasteiger partial charge < -0.3 is 14.6 Å². The van der Waals surface area contributed by atoms with Gasteiger partial charge in [-0.1, -0.05) is 35.0 Å². The van der Waals surface area contributed by atoms with E-state index in [4.69, 9.17) is 9.26 Å². The summed E-state index contributed by atoms with van der Waals surface area (Å²) in [6.45, 7) is 3.43. The molecule has 2 heterocycles. The summed E-state index contributed by atoms with van der Waals surface area (Å²) in [5.41, 5.74) is 1.23. The van der Waals surface area contributed by atoms with Crippen LogP contribution >= 0.6 is 12.4 Å². The third-order valence-corrected chi connectivity index (χ3v) is 4.63. The minimum atomic E-state index is -4.57. The number of nitrogens with zero attached hydrogens (tertiary/aromatic N) is 2. The van der Waals surface area contributed by atoms with Gasteiger partial charge in [-0.3, -0.25) is 0 Å². The minimum Gasteiger partial charge on any atom is -0.488 e. The Bertz CT molecular complexity index is 970. The van der Waals surface area contributed by atoms with Gasteiger partial charge in [0.2, 0.25) is 11.7 Å². The van der Waals surface area contributed by atoms with Crippen LogP contribution in [0.15, 0.2) is 47.0 Å². The van der Waals surface area contributed by atoms with E-state index < -0.39 is 11.7 Å². The van der Waals surface area contributed by atoms with Crippen molar-refractivity contribution in [3.8, 4) is 17.1 Å². The molecular weight excluding hydrogens is 407 g/mol. The van der Waals surface area contributed by atoms with E-state index in [9.17, 15) is 13.2 Å². The van der Waals surface area contributed by atoms with Crippen molar-refractivity contribution < 1.29 is 22.4 Å². The molecule has 0 spiro atoms. The fraction of sp³-hybridized carbons (Fsp3) is 0.300. The second kappa shape index (κ2) is 8.42. The molecule has 1 saturated heterocycles. The number of ether oxygens (including phenoxy) is 1. The fourth-order valence-corrected chi connectivity index (χ4v) is 2.84. The van der Waals surface area contributed by atoms with E-state index in [1.807, 2.05) is 31.2 Å². The Labute approximate surface area is 171 Å². The molecule has 1 aliphatic rings. The standard InChI is InChI=1S/C20H18F3N3O2.ClH/c1-12-2-4-13(5-3-12)11-27-17-7-6-14(8-16(17)20(21,22)23)18-25-19(28-26-18)15-9-24-10-15;/h2-8,15,24H,9-11H2,1H3;1H. The molecule has 0 radical (unpaired) electrons. The molecule has 0 amide bonds. The van der Waals surface area contributed by atoms with E-state index in [1.54, 1.807) is 0 Å². The molecule has 2 aromatic carbocycles. The number of aromatic nitrogens is 2. The Balaban J connectivity index is 0.00000240. The first-order valence-corrected chi connectivity index (χ1v) is 8.84. The van der Waals surface area contributed by atoms with Gasteiger partial charge in [-0.25, -0.2) is 0 Å². The molecule has 154 valence electrons. The second-order valence-corrected chi connectivity index (χ2v) is 6.79. The molecule has 5 nitrogen and oxygen atoms in total. The van der Waals surface area contributed by atoms with Crippen molar-refractivity contribution >= 4 is 12.4 Å². The van der Waals surface area contributed by atoms with Crippen molar-refractivity contribution in [2.24, 2.45) is 0 Å². The predicted molar refractivity (Wildman–Crippen MR) is 103 cm³/mol. The van der Waals surface area contributed by atoms with Gasteiger partial charge in [-0.05, 0) is 30.7 Å². The van der Waals surface area contributed by atoms with E-state index in [-0.39, 0.29) is 42.1 Å². The Morgan fingerprint density at radius 3 is 2.48 bits per heavy atom. The number of hydrogen-bond acceptors (Lipinski definition) is 5. The Morgan fingerprint density at radius 2 is 1.86 bits per heavy atom. The summed E-state index contributed by atoms with van der Waals surface area (Å²) in [6, 6.07) is 11.2. The number of halogens is 4. The van der Waals surface area contributed by atoms with Crippen molar-refractivity contribution in [3.05, 3.63) is 65.0 Å². The summed E-state index contributed by atoms with van der Waals surface area (Å²) in [5, 5.41) is 6.90. The summed E-state index contributed by atoms with van der Waals surface area (Å²) in [7, 11) is 0. The average Bonchev–Trinajstić information content (AvgIpc) is 3.08. The van der Waals surface area contributed by atoms with Crippen molar-refractivity contribution in [3.63, 3.8) is 0 Å². The zero-order chi connectivity index (χ0) is 19.7. The smallest absolute Gasteiger partial charge is 0.419 e. The van der Waals surface area contributed by atoms with Gasteiger partial charge in [-0.2, -0.15) is 18.2 Å². The third kappa shape index (κ3) is 4.71. The highest BCUT2D eigenvalue weighted by atomic mass is 35.5. The predicted octanol–water partition coefficient (Wildman–Crippen LogP) is 4.75. The van der Waals surface area contributed by atoms with Crippen LogP contribution in [-0.4, -0.2) is 23.2 Å². The Kier molecular flexibility index (Phi) is 6.14. The Hall–Kier alpha value is -2.58. The number of alkyl halides is 3. The van der Waals surface area contributed by atoms with E-state index in [0.29, 0.717) is 5.89 Å². The van der Waals surface area contributed by atoms with Crippen LogP contribution in [0.5, 0.6) is 5.75 Å². The summed E-state index contributed by atoms with van der Waals surface area (Å²) in [5.74, 6) is 0.448. The second-order valence-electron chi connectivity index (χ2n) is 6.79. The molecular formula is C20H19ClF3N3O2. The highest BCUT2D eigenvalue weighted by Gasteiger charge is 2.35. The molecule has 1 aromatic heterocycles. The lowest BCUT2D eigenvalue weighted by Crippen LogP contribution is -2.40. The lowest BCUT2D eigenvalue weighted by Gasteiger charge is -2.22. The van der Waals surface area contributed by atoms with Crippen LogP contribution in [0.3, 0.4) is 0 Å². The number of nitrogens with one attached hydrogen (secondary N) is 1. The third-order valence-electron chi connectivity index (χ3n) is 4.63. The molecule has 1 aliphatic heterocycles. The summed E-state index contributed by atoms with van der Waals surface area (Å²) in [4.78, 5) is 4.23. The highest BCUT2D eigenvalue weighted by molar-refractivity contribution is 5.85. The summed E-state index contributed by atoms with van der Waals surface area (Å²) >= 11 is 0. The fourth-order valence-electron chi connectivity index (χ4n) is 2.84. The SMILES string of the molecule is Cc1ccc(COc2ccc(-c3noc(C4CNC4)n3)cc2C(F)(F)F)cc1.Cl. The minimum absolute atomic E-state index is 0. The average molecular weight is 426 g/mol. The summed E-state index contributed by atoms with van der Waals surface area (Å²) in [6.07, 6.45) is -4.57. The van der Waals surface area contributed by atoms with Crippen molar-refractivity contribution in [1.82, 2.24) is 15.5 Å². The van der Waals surface area contributed by atoms with Gasteiger partial charge in [0.25, 0.3) is 0 Å². The van der Waals surface area contributed by atoms with Crippen LogP contribution < -0.4 is 10.1 Å². The van der Waals surface area contributed by atoms with Crippen LogP contribution in [0.4, 0.5) is 13.2 Å². The lowest BCUT2D eigenvalue weighted by atomic mass is 10.0. The topological polar surface area (TPSA) is 60.2 Å². The van der Waals surface area contributed by atoms with E-state index in [0.717, 1.165) is 30.3 Å². The molecule has 1 fully saturated rings. The summed E-state index contributed by atoms with van der Waals surface area (Å²) < 4.78 is 51.3. The van der Waals surface area contributed by atoms with Crippen LogP contribution in [0.25, 0.3) is 11.4 Å². The maximum absolute atomic E-state index is 13.6. The molecule has 29 heavy (non-hydrogen) atoms. The van der Waals surface area contributed by atoms with E-state index in [2.05, 4.69) is 15.5 Å². The molecule has 3 aromatic rings. The molecule has 0 aliphatic carbocycles. The molecule has 0 atom stereocenters. The van der Waals surface area contributed by atoms with Gasteiger partial charge in [0, 0.05) is 18.7 Å². The number of benzene rings is 2. The zero-order valence-corrected chi connectivity index (χ0v) is 16.3. The molecule has 1 N–H and O–H groups in total. The highest BCUT2D eigenvalue weighted by Crippen LogP contribution is 2.39. The molecule has 0 unspecified atom stereocenters. The van der Waals surface area contributed by atoms with E-state index >= 15 is 0 Å². The first-order valence-electron chi connectivity index (χ1n) is 8.84. The molecule has 0 bridgehead atoms. The van der Waals surface area contributed by atoms with Crippen molar-refractivity contribution in [2.75, 3.05) is 13.1 Å². The van der Waals surface area contributed by atoms with Crippen LogP contribution in [0.2, 0.25) is 0 Å². The first kappa shape index (κ1) is 21.1. The number of hydrogen-bond donors (Lipinski definition) is 1. The first-order chi connectivity index (χ1) is 13.4. The van der Waals surface area contributed by atoms with Crippen molar-refractivity contribution in [2.45, 2.75) is 25.6 Å².